The van der Waals surface area contributed by atoms with Gasteiger partial charge in [-0.05, 0) is 56.2 Å². The zero-order chi connectivity index (χ0) is 23.3. The highest BCUT2D eigenvalue weighted by atomic mass is 16.6. The van der Waals surface area contributed by atoms with Crippen molar-refractivity contribution in [2.75, 3.05) is 27.7 Å². The number of ether oxygens (including phenoxy) is 2. The minimum Gasteiger partial charge on any atom is -0.453 e. The maximum atomic E-state index is 12.8. The van der Waals surface area contributed by atoms with E-state index >= 15 is 0 Å². The smallest absolute Gasteiger partial charge is 0.409 e. The van der Waals surface area contributed by atoms with Crippen LogP contribution in [0.1, 0.15) is 49.7 Å². The molecule has 1 aromatic carbocycles. The predicted molar refractivity (Wildman–Crippen MR) is 120 cm³/mol. The highest BCUT2D eigenvalue weighted by Gasteiger charge is 2.53. The van der Waals surface area contributed by atoms with E-state index < -0.39 is 11.6 Å². The number of nitrogens with zero attached hydrogens (tertiary/aromatic N) is 2. The number of methoxy groups -OCH3 is 1. The lowest BCUT2D eigenvalue weighted by Crippen LogP contribution is -2.51. The van der Waals surface area contributed by atoms with Gasteiger partial charge in [0, 0.05) is 44.6 Å². The molecule has 3 rings (SSSR count). The van der Waals surface area contributed by atoms with Crippen LogP contribution in [0.25, 0.3) is 0 Å². The van der Waals surface area contributed by atoms with Gasteiger partial charge in [-0.2, -0.15) is 0 Å². The molecule has 0 radical (unpaired) electrons. The zero-order valence-corrected chi connectivity index (χ0v) is 19.3. The summed E-state index contributed by atoms with van der Waals surface area (Å²) in [5.74, 6) is 5.87. The molecule has 0 bridgehead atoms. The Hall–Kier alpha value is -3.01. The number of aryl methyl sites for hydroxylation is 1. The Labute approximate surface area is 190 Å². The van der Waals surface area contributed by atoms with Crippen molar-refractivity contribution < 1.29 is 23.9 Å². The molecule has 0 unspecified atom stereocenters. The number of rotatable bonds is 4. The van der Waals surface area contributed by atoms with Gasteiger partial charge in [-0.1, -0.05) is 18.1 Å². The lowest BCUT2D eigenvalue weighted by molar-refractivity contribution is -0.163. The maximum Gasteiger partial charge on any atom is 0.409 e. The minimum atomic E-state index is -0.992. The van der Waals surface area contributed by atoms with Gasteiger partial charge in [0.15, 0.2) is 5.60 Å². The molecule has 3 atom stereocenters. The van der Waals surface area contributed by atoms with Gasteiger partial charge in [0.2, 0.25) is 5.91 Å². The van der Waals surface area contributed by atoms with Crippen LogP contribution in [0, 0.1) is 24.7 Å². The first-order chi connectivity index (χ1) is 15.3. The number of carbonyl (C=O) groups excluding carboxylic acids is 3. The van der Waals surface area contributed by atoms with Crippen LogP contribution < -0.4 is 0 Å². The number of hydrogen-bond donors (Lipinski definition) is 0. The van der Waals surface area contributed by atoms with Crippen LogP contribution in [0.15, 0.2) is 24.3 Å². The quantitative estimate of drug-likeness (QED) is 0.531. The Balaban J connectivity index is 1.89. The van der Waals surface area contributed by atoms with E-state index in [0.29, 0.717) is 19.4 Å². The van der Waals surface area contributed by atoms with E-state index in [-0.39, 0.29) is 36.8 Å². The van der Waals surface area contributed by atoms with Crippen molar-refractivity contribution >= 4 is 18.0 Å². The second kappa shape index (κ2) is 10.1. The monoisotopic (exact) mass is 440 g/mol. The largest absolute Gasteiger partial charge is 0.453 e. The number of likely N-dealkylation sites (tertiary alicyclic amines) is 1. The summed E-state index contributed by atoms with van der Waals surface area (Å²) in [5.41, 5.74) is 0.964. The Morgan fingerprint density at radius 1 is 1.22 bits per heavy atom. The summed E-state index contributed by atoms with van der Waals surface area (Å²) in [6, 6.07) is 7.79. The van der Waals surface area contributed by atoms with Gasteiger partial charge in [-0.3, -0.25) is 9.59 Å². The second-order valence-corrected chi connectivity index (χ2v) is 8.79. The van der Waals surface area contributed by atoms with Crippen molar-refractivity contribution in [1.29, 1.82) is 0 Å². The molecule has 1 saturated heterocycles. The number of fused-ring (bicyclic) bond motifs is 1. The van der Waals surface area contributed by atoms with Gasteiger partial charge in [0.1, 0.15) is 0 Å². The molecule has 7 heteroatoms. The van der Waals surface area contributed by atoms with Crippen LogP contribution >= 0.6 is 0 Å². The van der Waals surface area contributed by atoms with Crippen LogP contribution in [0.3, 0.4) is 0 Å². The van der Waals surface area contributed by atoms with Crippen LogP contribution in [0.4, 0.5) is 4.79 Å². The number of hydrogen-bond acceptors (Lipinski definition) is 5. The van der Waals surface area contributed by atoms with Gasteiger partial charge >= 0.3 is 12.1 Å². The highest BCUT2D eigenvalue weighted by Crippen LogP contribution is 2.45. The molecule has 1 aliphatic carbocycles. The highest BCUT2D eigenvalue weighted by molar-refractivity contribution is 5.81. The Bertz CT molecular complexity index is 932. The maximum absolute atomic E-state index is 12.8. The van der Waals surface area contributed by atoms with Crippen molar-refractivity contribution in [2.24, 2.45) is 5.92 Å². The molecule has 1 aromatic rings. The van der Waals surface area contributed by atoms with E-state index in [9.17, 15) is 14.4 Å². The number of esters is 1. The summed E-state index contributed by atoms with van der Waals surface area (Å²) in [4.78, 5) is 40.2. The fraction of sp³-hybridized carbons (Fsp3) is 0.560. The first-order valence-electron chi connectivity index (χ1n) is 11.1. The third-order valence-corrected chi connectivity index (χ3v) is 6.38. The minimum absolute atomic E-state index is 0.00297. The molecule has 172 valence electrons. The molecule has 2 fully saturated rings. The van der Waals surface area contributed by atoms with Crippen molar-refractivity contribution in [3.63, 3.8) is 0 Å². The summed E-state index contributed by atoms with van der Waals surface area (Å²) in [5, 5.41) is 0. The molecule has 1 saturated carbocycles. The molecule has 7 nitrogen and oxygen atoms in total. The molecule has 2 amide bonds. The summed E-state index contributed by atoms with van der Waals surface area (Å²) in [7, 11) is 4.70. The summed E-state index contributed by atoms with van der Waals surface area (Å²) < 4.78 is 11.0. The number of amides is 2. The molecule has 1 heterocycles. The molecular weight excluding hydrogens is 408 g/mol. The lowest BCUT2D eigenvalue weighted by Gasteiger charge is -2.42. The van der Waals surface area contributed by atoms with Gasteiger partial charge in [0.25, 0.3) is 0 Å². The van der Waals surface area contributed by atoms with Crippen molar-refractivity contribution in [3.05, 3.63) is 35.4 Å². The van der Waals surface area contributed by atoms with Crippen molar-refractivity contribution in [1.82, 2.24) is 9.80 Å². The van der Waals surface area contributed by atoms with Gasteiger partial charge in [0.05, 0.1) is 13.5 Å². The third-order valence-electron chi connectivity index (χ3n) is 6.38. The number of carbonyl (C=O) groups is 3. The van der Waals surface area contributed by atoms with E-state index in [1.54, 1.807) is 19.0 Å². The van der Waals surface area contributed by atoms with E-state index in [4.69, 9.17) is 9.47 Å². The number of benzene rings is 1. The molecule has 0 aromatic heterocycles. The fourth-order valence-corrected chi connectivity index (χ4v) is 4.75. The molecule has 0 spiro atoms. The van der Waals surface area contributed by atoms with Crippen LogP contribution in [-0.2, 0) is 19.1 Å². The first-order valence-corrected chi connectivity index (χ1v) is 11.1. The molecule has 2 aliphatic rings. The molecule has 1 aliphatic heterocycles. The van der Waals surface area contributed by atoms with Crippen molar-refractivity contribution in [2.45, 2.75) is 57.1 Å². The van der Waals surface area contributed by atoms with E-state index in [1.165, 1.54) is 12.0 Å². The summed E-state index contributed by atoms with van der Waals surface area (Å²) in [6.45, 7) is 2.55. The average molecular weight is 441 g/mol. The van der Waals surface area contributed by atoms with Gasteiger partial charge in [-0.25, -0.2) is 4.79 Å². The average Bonchev–Trinajstić information content (AvgIpc) is 3.21. The van der Waals surface area contributed by atoms with E-state index in [1.807, 2.05) is 31.2 Å². The normalized spacial score (nSPS) is 24.1. The lowest BCUT2D eigenvalue weighted by atomic mass is 9.72. The zero-order valence-electron chi connectivity index (χ0n) is 19.3. The van der Waals surface area contributed by atoms with E-state index in [2.05, 4.69) is 11.8 Å². The predicted octanol–water partition coefficient (Wildman–Crippen LogP) is 3.14. The van der Waals surface area contributed by atoms with Gasteiger partial charge < -0.3 is 19.3 Å². The Morgan fingerprint density at radius 3 is 2.69 bits per heavy atom. The Morgan fingerprint density at radius 2 is 2.00 bits per heavy atom. The van der Waals surface area contributed by atoms with Crippen LogP contribution in [-0.4, -0.2) is 67.2 Å². The van der Waals surface area contributed by atoms with Gasteiger partial charge in [-0.15, -0.1) is 0 Å². The van der Waals surface area contributed by atoms with Crippen LogP contribution in [0.5, 0.6) is 0 Å². The molecule has 0 N–H and O–H groups in total. The Kier molecular flexibility index (Phi) is 7.44. The summed E-state index contributed by atoms with van der Waals surface area (Å²) >= 11 is 0. The molecule has 32 heavy (non-hydrogen) atoms. The standard InChI is InChI=1S/C25H32N2O5/c1-18-7-5-8-19(17-18)12-15-25(32-23(29)11-10-22(28)26(2)3)14-6-9-21-20(25)13-16-27(21)24(30)31-4/h5,7-8,17,20-21H,6,9-11,13-14,16H2,1-4H3/t20-,21-,25-/m1/s1. The fourth-order valence-electron chi connectivity index (χ4n) is 4.75. The second-order valence-electron chi connectivity index (χ2n) is 8.79. The topological polar surface area (TPSA) is 76.1 Å². The third kappa shape index (κ3) is 5.24. The first kappa shape index (κ1) is 23.6. The van der Waals surface area contributed by atoms with E-state index in [0.717, 1.165) is 24.0 Å². The van der Waals surface area contributed by atoms with Crippen LogP contribution in [0.2, 0.25) is 0 Å². The molecular formula is C25H32N2O5. The van der Waals surface area contributed by atoms with Crippen molar-refractivity contribution in [3.8, 4) is 11.8 Å². The SMILES string of the molecule is COC(=O)N1CC[C@@H]2[C@H]1CCC[C@]2(C#Cc1cccc(C)c1)OC(=O)CCC(=O)N(C)C. The summed E-state index contributed by atoms with van der Waals surface area (Å²) in [6.07, 6.45) is 2.63.